The summed E-state index contributed by atoms with van der Waals surface area (Å²) in [7, 11) is 0. The van der Waals surface area contributed by atoms with Gasteiger partial charge in [0.25, 0.3) is 0 Å². The van der Waals surface area contributed by atoms with Crippen LogP contribution in [0, 0.1) is 0 Å². The minimum Gasteiger partial charge on any atom is -0.491 e. The van der Waals surface area contributed by atoms with Crippen molar-refractivity contribution in [3.05, 3.63) is 11.7 Å². The van der Waals surface area contributed by atoms with Crippen LogP contribution in [0.1, 0.15) is 72.6 Å². The van der Waals surface area contributed by atoms with Gasteiger partial charge in [0, 0.05) is 6.42 Å². The van der Waals surface area contributed by atoms with E-state index in [1.54, 1.807) is 0 Å². The maximum Gasteiger partial charge on any atom is 0.321 e. The summed E-state index contributed by atoms with van der Waals surface area (Å²) in [6.07, 6.45) is 7.77. The van der Waals surface area contributed by atoms with E-state index >= 15 is 0 Å². The monoisotopic (exact) mass is 302 g/mol. The average Bonchev–Trinajstić information content (AvgIpc) is 2.49. The fourth-order valence-corrected chi connectivity index (χ4v) is 1.88. The molecule has 0 aliphatic carbocycles. The molecule has 0 fully saturated rings. The summed E-state index contributed by atoms with van der Waals surface area (Å²) in [6, 6.07) is 0. The fraction of sp³-hybridized carbons (Fsp3) is 0.882. The first-order valence-corrected chi connectivity index (χ1v) is 8.49. The van der Waals surface area contributed by atoms with Gasteiger partial charge < -0.3 is 18.9 Å². The van der Waals surface area contributed by atoms with Crippen LogP contribution in [0.5, 0.6) is 0 Å². The molecule has 0 aliphatic rings. The lowest BCUT2D eigenvalue weighted by atomic mass is 10.2. The Balaban J connectivity index is 4.28. The highest BCUT2D eigenvalue weighted by molar-refractivity contribution is 4.95. The third kappa shape index (κ3) is 11.4. The third-order valence-electron chi connectivity index (χ3n) is 2.99. The number of hydrogen-bond donors (Lipinski definition) is 0. The van der Waals surface area contributed by atoms with Gasteiger partial charge >= 0.3 is 5.95 Å². The Morgan fingerprint density at radius 1 is 0.714 bits per heavy atom. The van der Waals surface area contributed by atoms with Crippen molar-refractivity contribution < 1.29 is 18.9 Å². The molecule has 0 saturated heterocycles. The molecular formula is C17H34O4. The van der Waals surface area contributed by atoms with E-state index in [0.717, 1.165) is 31.6 Å². The first kappa shape index (κ1) is 20.1. The van der Waals surface area contributed by atoms with Crippen molar-refractivity contribution in [2.75, 3.05) is 26.6 Å². The molecule has 0 aromatic carbocycles. The summed E-state index contributed by atoms with van der Waals surface area (Å²) >= 11 is 0. The molecule has 0 aromatic rings. The molecule has 0 aliphatic heterocycles. The molecule has 0 N–H and O–H groups in total. The number of ether oxygens (including phenoxy) is 4. The summed E-state index contributed by atoms with van der Waals surface area (Å²) in [5.74, 6) is 1.30. The summed E-state index contributed by atoms with van der Waals surface area (Å²) < 4.78 is 22.3. The van der Waals surface area contributed by atoms with Gasteiger partial charge in [0.2, 0.25) is 0 Å². The van der Waals surface area contributed by atoms with Crippen molar-refractivity contribution in [1.29, 1.82) is 0 Å². The lowest BCUT2D eigenvalue weighted by Crippen LogP contribution is -2.09. The standard InChI is InChI=1S/C17H34O4/c1-5-9-11-13-16(19-7-3)17(20-8-4)21-15-18-14-12-10-6-2/h5-15H2,1-4H3. The molecule has 0 rings (SSSR count). The van der Waals surface area contributed by atoms with E-state index in [9.17, 15) is 0 Å². The van der Waals surface area contributed by atoms with Crippen molar-refractivity contribution in [1.82, 2.24) is 0 Å². The Labute approximate surface area is 130 Å². The van der Waals surface area contributed by atoms with E-state index in [4.69, 9.17) is 18.9 Å². The summed E-state index contributed by atoms with van der Waals surface area (Å²) in [5, 5.41) is 0. The van der Waals surface area contributed by atoms with Crippen LogP contribution in [-0.2, 0) is 18.9 Å². The Morgan fingerprint density at radius 2 is 1.38 bits per heavy atom. The topological polar surface area (TPSA) is 36.9 Å². The zero-order chi connectivity index (χ0) is 15.8. The Hall–Kier alpha value is -0.900. The molecule has 4 heteroatoms. The molecular weight excluding hydrogens is 268 g/mol. The van der Waals surface area contributed by atoms with Gasteiger partial charge in [0.15, 0.2) is 12.6 Å². The van der Waals surface area contributed by atoms with E-state index < -0.39 is 0 Å². The molecule has 0 saturated carbocycles. The van der Waals surface area contributed by atoms with Gasteiger partial charge in [-0.15, -0.1) is 0 Å². The highest BCUT2D eigenvalue weighted by Gasteiger charge is 2.11. The van der Waals surface area contributed by atoms with Crippen molar-refractivity contribution in [2.24, 2.45) is 0 Å². The molecule has 0 spiro atoms. The highest BCUT2D eigenvalue weighted by Crippen LogP contribution is 2.17. The van der Waals surface area contributed by atoms with E-state index in [2.05, 4.69) is 13.8 Å². The van der Waals surface area contributed by atoms with Crippen molar-refractivity contribution in [3.8, 4) is 0 Å². The smallest absolute Gasteiger partial charge is 0.321 e. The first-order chi connectivity index (χ1) is 10.3. The third-order valence-corrected chi connectivity index (χ3v) is 2.99. The molecule has 126 valence electrons. The van der Waals surface area contributed by atoms with Crippen molar-refractivity contribution in [3.63, 3.8) is 0 Å². The largest absolute Gasteiger partial charge is 0.491 e. The molecule has 21 heavy (non-hydrogen) atoms. The molecule has 0 radical (unpaired) electrons. The summed E-state index contributed by atoms with van der Waals surface area (Å²) in [4.78, 5) is 0. The fourth-order valence-electron chi connectivity index (χ4n) is 1.88. The minimum absolute atomic E-state index is 0.226. The van der Waals surface area contributed by atoms with Crippen LogP contribution >= 0.6 is 0 Å². The molecule has 4 nitrogen and oxygen atoms in total. The zero-order valence-electron chi connectivity index (χ0n) is 14.4. The van der Waals surface area contributed by atoms with E-state index in [-0.39, 0.29) is 6.79 Å². The maximum atomic E-state index is 5.67. The second-order valence-corrected chi connectivity index (χ2v) is 4.91. The molecule has 0 aromatic heterocycles. The van der Waals surface area contributed by atoms with Crippen LogP contribution in [0.4, 0.5) is 0 Å². The van der Waals surface area contributed by atoms with Crippen LogP contribution in [0.3, 0.4) is 0 Å². The molecule has 0 bridgehead atoms. The lowest BCUT2D eigenvalue weighted by Gasteiger charge is -2.16. The number of allylic oxidation sites excluding steroid dienone is 1. The van der Waals surface area contributed by atoms with E-state index in [0.29, 0.717) is 19.2 Å². The predicted molar refractivity (Wildman–Crippen MR) is 85.8 cm³/mol. The molecule has 0 atom stereocenters. The summed E-state index contributed by atoms with van der Waals surface area (Å²) in [5.41, 5.74) is 0. The van der Waals surface area contributed by atoms with Crippen LogP contribution in [0.15, 0.2) is 11.7 Å². The predicted octanol–water partition coefficient (Wildman–Crippen LogP) is 4.99. The van der Waals surface area contributed by atoms with Crippen molar-refractivity contribution >= 4 is 0 Å². The Morgan fingerprint density at radius 3 is 2.00 bits per heavy atom. The van der Waals surface area contributed by atoms with Gasteiger partial charge in [-0.25, -0.2) is 0 Å². The van der Waals surface area contributed by atoms with Crippen LogP contribution in [0.2, 0.25) is 0 Å². The first-order valence-electron chi connectivity index (χ1n) is 8.49. The minimum atomic E-state index is 0.226. The van der Waals surface area contributed by atoms with Crippen LogP contribution in [-0.4, -0.2) is 26.6 Å². The second kappa shape index (κ2) is 15.5. The van der Waals surface area contributed by atoms with E-state index in [1.165, 1.54) is 25.7 Å². The molecule has 0 amide bonds. The summed E-state index contributed by atoms with van der Waals surface area (Å²) in [6.45, 7) is 10.4. The zero-order valence-corrected chi connectivity index (χ0v) is 14.4. The van der Waals surface area contributed by atoms with E-state index in [1.807, 2.05) is 13.8 Å². The van der Waals surface area contributed by atoms with Crippen molar-refractivity contribution in [2.45, 2.75) is 72.6 Å². The van der Waals surface area contributed by atoms with Crippen LogP contribution < -0.4 is 0 Å². The SMILES string of the molecule is CCCCCOCOC(OCC)=C(CCCCC)OCC. The second-order valence-electron chi connectivity index (χ2n) is 4.91. The van der Waals surface area contributed by atoms with Gasteiger partial charge in [0.1, 0.15) is 0 Å². The average molecular weight is 302 g/mol. The van der Waals surface area contributed by atoms with Gasteiger partial charge in [-0.3, -0.25) is 0 Å². The molecule has 0 unspecified atom stereocenters. The molecule has 0 heterocycles. The number of unbranched alkanes of at least 4 members (excludes halogenated alkanes) is 4. The van der Waals surface area contributed by atoms with Gasteiger partial charge in [-0.1, -0.05) is 39.5 Å². The Bertz CT molecular complexity index is 251. The highest BCUT2D eigenvalue weighted by atomic mass is 16.7. The lowest BCUT2D eigenvalue weighted by molar-refractivity contribution is -0.0822. The number of rotatable bonds is 15. The van der Waals surface area contributed by atoms with Crippen LogP contribution in [0.25, 0.3) is 0 Å². The van der Waals surface area contributed by atoms with Gasteiger partial charge in [0.05, 0.1) is 19.8 Å². The van der Waals surface area contributed by atoms with Gasteiger partial charge in [-0.05, 0) is 26.7 Å². The number of hydrogen-bond acceptors (Lipinski definition) is 4. The maximum absolute atomic E-state index is 5.67. The van der Waals surface area contributed by atoms with Gasteiger partial charge in [-0.2, -0.15) is 0 Å². The normalized spacial score (nSPS) is 12.0. The Kier molecular flexibility index (Phi) is 14.8. The quantitative estimate of drug-likeness (QED) is 0.242.